The minimum atomic E-state index is -0.917. The van der Waals surface area contributed by atoms with E-state index < -0.39 is 5.97 Å². The molecule has 0 amide bonds. The molecular formula is C33H32N4O2. The number of carbonyl (C=O) groups is 1. The molecule has 2 heterocycles. The summed E-state index contributed by atoms with van der Waals surface area (Å²) in [6, 6.07) is 19.8. The Labute approximate surface area is 228 Å². The Hall–Kier alpha value is -4.45. The van der Waals surface area contributed by atoms with Crippen LogP contribution >= 0.6 is 0 Å². The molecule has 6 heteroatoms. The second kappa shape index (κ2) is 10.0. The van der Waals surface area contributed by atoms with E-state index in [2.05, 4.69) is 66.4 Å². The van der Waals surface area contributed by atoms with Crippen LogP contribution in [0, 0.1) is 6.92 Å². The van der Waals surface area contributed by atoms with Gasteiger partial charge in [-0.05, 0) is 72.7 Å². The molecule has 1 aliphatic rings. The number of carboxylic acids is 1. The molecule has 6 nitrogen and oxygen atoms in total. The van der Waals surface area contributed by atoms with Crippen molar-refractivity contribution in [2.75, 3.05) is 0 Å². The monoisotopic (exact) mass is 516 g/mol. The van der Waals surface area contributed by atoms with Gasteiger partial charge in [0.1, 0.15) is 11.6 Å². The summed E-state index contributed by atoms with van der Waals surface area (Å²) in [4.78, 5) is 21.8. The molecule has 5 aromatic rings. The normalized spacial score (nSPS) is 12.7. The molecule has 0 unspecified atom stereocenters. The number of aromatic carboxylic acids is 1. The highest BCUT2D eigenvalue weighted by atomic mass is 16.4. The maximum Gasteiger partial charge on any atom is 0.336 e. The Bertz CT molecular complexity index is 1740. The maximum atomic E-state index is 11.7. The highest BCUT2D eigenvalue weighted by molar-refractivity contribution is 5.96. The summed E-state index contributed by atoms with van der Waals surface area (Å²) >= 11 is 0. The van der Waals surface area contributed by atoms with Crippen molar-refractivity contribution in [1.29, 1.82) is 0 Å². The van der Waals surface area contributed by atoms with Crippen molar-refractivity contribution in [3.05, 3.63) is 101 Å². The molecule has 0 aliphatic heterocycles. The molecule has 6 rings (SSSR count). The van der Waals surface area contributed by atoms with Crippen molar-refractivity contribution < 1.29 is 9.90 Å². The molecule has 0 spiro atoms. The first kappa shape index (κ1) is 24.9. The molecule has 0 atom stereocenters. The molecule has 0 radical (unpaired) electrons. The fourth-order valence-electron chi connectivity index (χ4n) is 5.71. The molecule has 0 saturated carbocycles. The SMILES string of the molecule is CCCc1nc2c(C)cc(-c3nc4c(n3C)CCC=C4)cc2n1Cc1ccc(-c2ccccc2C(=O)O)cc1. The molecule has 0 saturated heterocycles. The van der Waals surface area contributed by atoms with Crippen LogP contribution in [0.2, 0.25) is 0 Å². The molecule has 2 aromatic heterocycles. The van der Waals surface area contributed by atoms with Crippen LogP contribution in [0.3, 0.4) is 0 Å². The molecular weight excluding hydrogens is 484 g/mol. The third-order valence-corrected chi connectivity index (χ3v) is 7.69. The van der Waals surface area contributed by atoms with Gasteiger partial charge in [0.2, 0.25) is 0 Å². The van der Waals surface area contributed by atoms with Gasteiger partial charge in [-0.3, -0.25) is 0 Å². The van der Waals surface area contributed by atoms with Gasteiger partial charge in [0.25, 0.3) is 0 Å². The Morgan fingerprint density at radius 2 is 1.82 bits per heavy atom. The van der Waals surface area contributed by atoms with E-state index in [9.17, 15) is 9.90 Å². The van der Waals surface area contributed by atoms with E-state index in [1.54, 1.807) is 12.1 Å². The average Bonchev–Trinajstić information content (AvgIpc) is 3.47. The van der Waals surface area contributed by atoms with Crippen LogP contribution < -0.4 is 0 Å². The van der Waals surface area contributed by atoms with Gasteiger partial charge >= 0.3 is 5.97 Å². The minimum Gasteiger partial charge on any atom is -0.478 e. The van der Waals surface area contributed by atoms with Gasteiger partial charge < -0.3 is 14.2 Å². The fraction of sp³-hybridized carbons (Fsp3) is 0.242. The standard InChI is InChI=1S/C33H32N4O2/c1-4-9-30-35-31-21(2)18-24(32-34-27-12-7-8-13-28(27)36(32)3)19-29(31)37(30)20-22-14-16-23(17-15-22)25-10-5-6-11-26(25)33(38)39/h5-7,10-12,14-19H,4,8-9,13,20H2,1-3H3,(H,38,39). The van der Waals surface area contributed by atoms with E-state index in [1.807, 2.05) is 24.3 Å². The topological polar surface area (TPSA) is 72.9 Å². The first-order valence-electron chi connectivity index (χ1n) is 13.6. The van der Waals surface area contributed by atoms with Crippen LogP contribution in [0.15, 0.2) is 66.7 Å². The molecule has 0 fully saturated rings. The molecule has 3 aromatic carbocycles. The summed E-state index contributed by atoms with van der Waals surface area (Å²) in [5, 5.41) is 9.61. The third kappa shape index (κ3) is 4.46. The predicted octanol–water partition coefficient (Wildman–Crippen LogP) is 7.07. The molecule has 39 heavy (non-hydrogen) atoms. The summed E-state index contributed by atoms with van der Waals surface area (Å²) < 4.78 is 4.57. The number of imidazole rings is 2. The lowest BCUT2D eigenvalue weighted by molar-refractivity contribution is 0.0697. The number of benzene rings is 3. The highest BCUT2D eigenvalue weighted by Crippen LogP contribution is 2.32. The van der Waals surface area contributed by atoms with E-state index in [1.165, 1.54) is 5.69 Å². The van der Waals surface area contributed by atoms with Crippen LogP contribution in [0.25, 0.3) is 39.6 Å². The van der Waals surface area contributed by atoms with E-state index >= 15 is 0 Å². The number of carboxylic acid groups (broad SMARTS) is 1. The molecule has 1 aliphatic carbocycles. The third-order valence-electron chi connectivity index (χ3n) is 7.69. The van der Waals surface area contributed by atoms with Crippen LogP contribution in [0.1, 0.15) is 58.5 Å². The smallest absolute Gasteiger partial charge is 0.336 e. The number of allylic oxidation sites excluding steroid dienone is 1. The maximum absolute atomic E-state index is 11.7. The van der Waals surface area contributed by atoms with Crippen LogP contribution in [-0.2, 0) is 26.4 Å². The highest BCUT2D eigenvalue weighted by Gasteiger charge is 2.20. The Kier molecular flexibility index (Phi) is 6.39. The number of hydrogen-bond acceptors (Lipinski definition) is 3. The summed E-state index contributed by atoms with van der Waals surface area (Å²) in [6.07, 6.45) is 8.31. The number of hydrogen-bond donors (Lipinski definition) is 1. The first-order chi connectivity index (χ1) is 18.9. The van der Waals surface area contributed by atoms with Gasteiger partial charge in [-0.25, -0.2) is 14.8 Å². The Morgan fingerprint density at radius 1 is 1.03 bits per heavy atom. The van der Waals surface area contributed by atoms with Gasteiger partial charge in [-0.2, -0.15) is 0 Å². The number of rotatable bonds is 7. The van der Waals surface area contributed by atoms with Gasteiger partial charge in [0.15, 0.2) is 0 Å². The van der Waals surface area contributed by atoms with Crippen molar-refractivity contribution in [2.45, 2.75) is 46.1 Å². The van der Waals surface area contributed by atoms with Crippen LogP contribution in [-0.4, -0.2) is 30.2 Å². The Balaban J connectivity index is 1.41. The first-order valence-corrected chi connectivity index (χ1v) is 13.6. The van der Waals surface area contributed by atoms with Gasteiger partial charge in [0.05, 0.1) is 22.3 Å². The largest absolute Gasteiger partial charge is 0.478 e. The second-order valence-corrected chi connectivity index (χ2v) is 10.3. The van der Waals surface area contributed by atoms with Crippen molar-refractivity contribution >= 4 is 23.1 Å². The predicted molar refractivity (Wildman–Crippen MR) is 156 cm³/mol. The summed E-state index contributed by atoms with van der Waals surface area (Å²) in [5.74, 6) is 1.15. The molecule has 196 valence electrons. The summed E-state index contributed by atoms with van der Waals surface area (Å²) in [6.45, 7) is 5.01. The van der Waals surface area contributed by atoms with Crippen LogP contribution in [0.4, 0.5) is 0 Å². The van der Waals surface area contributed by atoms with Gasteiger partial charge in [-0.1, -0.05) is 55.5 Å². The van der Waals surface area contributed by atoms with Crippen molar-refractivity contribution in [3.8, 4) is 22.5 Å². The second-order valence-electron chi connectivity index (χ2n) is 10.3. The summed E-state index contributed by atoms with van der Waals surface area (Å²) in [5.41, 5.74) is 9.84. The average molecular weight is 517 g/mol. The quantitative estimate of drug-likeness (QED) is 0.251. The van der Waals surface area contributed by atoms with Crippen molar-refractivity contribution in [1.82, 2.24) is 19.1 Å². The number of aromatic nitrogens is 4. The van der Waals surface area contributed by atoms with E-state index in [0.29, 0.717) is 12.1 Å². The lowest BCUT2D eigenvalue weighted by atomic mass is 9.98. The van der Waals surface area contributed by atoms with Gasteiger partial charge in [-0.15, -0.1) is 0 Å². The zero-order chi connectivity index (χ0) is 27.1. The lowest BCUT2D eigenvalue weighted by Gasteiger charge is -2.12. The molecule has 1 N–H and O–H groups in total. The van der Waals surface area contributed by atoms with E-state index in [4.69, 9.17) is 9.97 Å². The van der Waals surface area contributed by atoms with Crippen molar-refractivity contribution in [2.24, 2.45) is 7.05 Å². The van der Waals surface area contributed by atoms with Gasteiger partial charge in [0, 0.05) is 31.3 Å². The zero-order valence-electron chi connectivity index (χ0n) is 22.6. The number of nitrogens with zero attached hydrogens (tertiary/aromatic N) is 4. The minimum absolute atomic E-state index is 0.311. The Morgan fingerprint density at radius 3 is 2.56 bits per heavy atom. The molecule has 0 bridgehead atoms. The van der Waals surface area contributed by atoms with Crippen LogP contribution in [0.5, 0.6) is 0 Å². The lowest BCUT2D eigenvalue weighted by Crippen LogP contribution is -2.06. The van der Waals surface area contributed by atoms with Crippen molar-refractivity contribution in [3.63, 3.8) is 0 Å². The number of aryl methyl sites for hydroxylation is 2. The number of fused-ring (bicyclic) bond motifs is 2. The van der Waals surface area contributed by atoms with E-state index in [-0.39, 0.29) is 0 Å². The summed E-state index contributed by atoms with van der Waals surface area (Å²) in [7, 11) is 2.11. The zero-order valence-corrected chi connectivity index (χ0v) is 22.6. The van der Waals surface area contributed by atoms with E-state index in [0.717, 1.165) is 81.9 Å². The fourth-order valence-corrected chi connectivity index (χ4v) is 5.71.